The van der Waals surface area contributed by atoms with Gasteiger partial charge < -0.3 is 19.5 Å². The third-order valence-corrected chi connectivity index (χ3v) is 5.23. The van der Waals surface area contributed by atoms with Gasteiger partial charge in [0.25, 0.3) is 5.91 Å². The van der Waals surface area contributed by atoms with Gasteiger partial charge in [0.05, 0.1) is 6.26 Å². The summed E-state index contributed by atoms with van der Waals surface area (Å²) in [7, 11) is 0. The Balaban J connectivity index is 1.36. The monoisotopic (exact) mass is 361 g/mol. The number of nitrogens with zero attached hydrogens (tertiary/aromatic N) is 2. The number of rotatable bonds is 5. The van der Waals surface area contributed by atoms with Crippen molar-refractivity contribution in [2.75, 3.05) is 32.7 Å². The van der Waals surface area contributed by atoms with Crippen molar-refractivity contribution in [3.63, 3.8) is 0 Å². The van der Waals surface area contributed by atoms with Gasteiger partial charge in [0, 0.05) is 45.1 Å². The van der Waals surface area contributed by atoms with Crippen molar-refractivity contribution in [2.24, 2.45) is 5.92 Å². The van der Waals surface area contributed by atoms with Crippen LogP contribution in [0, 0.1) is 5.92 Å². The first-order valence-corrected chi connectivity index (χ1v) is 9.53. The van der Waals surface area contributed by atoms with Crippen LogP contribution in [-0.4, -0.2) is 60.2 Å². The molecule has 2 aliphatic rings. The molecule has 0 atom stereocenters. The van der Waals surface area contributed by atoms with Gasteiger partial charge in [-0.05, 0) is 44.2 Å². The highest BCUT2D eigenvalue weighted by molar-refractivity contribution is 5.91. The Morgan fingerprint density at radius 3 is 2.42 bits per heavy atom. The number of furan rings is 1. The smallest absolute Gasteiger partial charge is 0.289 e. The Kier molecular flexibility index (Phi) is 6.30. The molecule has 7 nitrogen and oxygen atoms in total. The standard InChI is InChI=1S/C19H27N3O4/c23-17(21-10-2-1-3-11-21)6-9-20-18(24)15-7-12-22(13-8-15)19(25)16-5-4-14-26-16/h4-5,14-15H,1-3,6-13H2,(H,20,24). The highest BCUT2D eigenvalue weighted by Crippen LogP contribution is 2.19. The first-order chi connectivity index (χ1) is 12.6. The van der Waals surface area contributed by atoms with E-state index in [0.29, 0.717) is 44.7 Å². The molecule has 0 unspecified atom stereocenters. The van der Waals surface area contributed by atoms with Crippen molar-refractivity contribution in [1.29, 1.82) is 0 Å². The van der Waals surface area contributed by atoms with Gasteiger partial charge in [-0.2, -0.15) is 0 Å². The summed E-state index contributed by atoms with van der Waals surface area (Å²) < 4.78 is 5.14. The molecule has 7 heteroatoms. The summed E-state index contributed by atoms with van der Waals surface area (Å²) in [6.07, 6.45) is 6.47. The van der Waals surface area contributed by atoms with Gasteiger partial charge >= 0.3 is 0 Å². The summed E-state index contributed by atoms with van der Waals surface area (Å²) >= 11 is 0. The molecule has 2 saturated heterocycles. The van der Waals surface area contributed by atoms with Crippen molar-refractivity contribution in [2.45, 2.75) is 38.5 Å². The molecule has 0 bridgehead atoms. The third kappa shape index (κ3) is 4.65. The molecule has 3 rings (SSSR count). The van der Waals surface area contributed by atoms with Crippen LogP contribution in [-0.2, 0) is 9.59 Å². The predicted molar refractivity (Wildman–Crippen MR) is 95.4 cm³/mol. The maximum atomic E-state index is 12.3. The summed E-state index contributed by atoms with van der Waals surface area (Å²) in [4.78, 5) is 40.3. The van der Waals surface area contributed by atoms with E-state index in [-0.39, 0.29) is 23.6 Å². The van der Waals surface area contributed by atoms with Crippen LogP contribution in [0.3, 0.4) is 0 Å². The van der Waals surface area contributed by atoms with Crippen LogP contribution in [0.5, 0.6) is 0 Å². The Morgan fingerprint density at radius 1 is 1.04 bits per heavy atom. The first kappa shape index (κ1) is 18.5. The Bertz CT molecular complexity index is 615. The van der Waals surface area contributed by atoms with Crippen molar-refractivity contribution < 1.29 is 18.8 Å². The predicted octanol–water partition coefficient (Wildman–Crippen LogP) is 1.65. The van der Waals surface area contributed by atoms with E-state index in [1.807, 2.05) is 4.90 Å². The summed E-state index contributed by atoms with van der Waals surface area (Å²) in [5.41, 5.74) is 0. The molecular formula is C19H27N3O4. The minimum absolute atomic E-state index is 0.0125. The molecule has 1 aromatic heterocycles. The molecule has 1 aromatic rings. The lowest BCUT2D eigenvalue weighted by atomic mass is 9.95. The fourth-order valence-electron chi connectivity index (χ4n) is 3.64. The lowest BCUT2D eigenvalue weighted by molar-refractivity contribution is -0.132. The number of carbonyl (C=O) groups is 3. The highest BCUT2D eigenvalue weighted by Gasteiger charge is 2.28. The number of carbonyl (C=O) groups excluding carboxylic acids is 3. The van der Waals surface area contributed by atoms with Gasteiger partial charge in [0.1, 0.15) is 0 Å². The van der Waals surface area contributed by atoms with E-state index in [1.165, 1.54) is 12.7 Å². The van der Waals surface area contributed by atoms with Crippen LogP contribution in [0.15, 0.2) is 22.8 Å². The molecule has 0 saturated carbocycles. The molecular weight excluding hydrogens is 334 g/mol. The minimum Gasteiger partial charge on any atom is -0.459 e. The SMILES string of the molecule is O=C(NCCC(=O)N1CCCCC1)C1CCN(C(=O)c2ccco2)CC1. The summed E-state index contributed by atoms with van der Waals surface area (Å²) in [6.45, 7) is 3.16. The fourth-order valence-corrected chi connectivity index (χ4v) is 3.64. The quantitative estimate of drug-likeness (QED) is 0.864. The number of amides is 3. The van der Waals surface area contributed by atoms with E-state index >= 15 is 0 Å². The topological polar surface area (TPSA) is 82.9 Å². The van der Waals surface area contributed by atoms with Gasteiger partial charge in [-0.25, -0.2) is 0 Å². The molecule has 3 heterocycles. The zero-order valence-electron chi connectivity index (χ0n) is 15.1. The molecule has 1 N–H and O–H groups in total. The minimum atomic E-state index is -0.124. The highest BCUT2D eigenvalue weighted by atomic mass is 16.3. The zero-order valence-corrected chi connectivity index (χ0v) is 15.1. The second-order valence-electron chi connectivity index (χ2n) is 7.03. The molecule has 0 aliphatic carbocycles. The van der Waals surface area contributed by atoms with Crippen LogP contribution in [0.1, 0.15) is 49.1 Å². The molecule has 3 amide bonds. The molecule has 0 radical (unpaired) electrons. The van der Waals surface area contributed by atoms with Gasteiger partial charge in [-0.3, -0.25) is 14.4 Å². The van der Waals surface area contributed by atoms with Crippen molar-refractivity contribution in [3.8, 4) is 0 Å². The van der Waals surface area contributed by atoms with Crippen LogP contribution < -0.4 is 5.32 Å². The fraction of sp³-hybridized carbons (Fsp3) is 0.632. The van der Waals surface area contributed by atoms with Crippen LogP contribution in [0.4, 0.5) is 0 Å². The summed E-state index contributed by atoms with van der Waals surface area (Å²) in [5.74, 6) is 0.233. The zero-order chi connectivity index (χ0) is 18.4. The van der Waals surface area contributed by atoms with Gasteiger partial charge in [0.15, 0.2) is 5.76 Å². The van der Waals surface area contributed by atoms with Crippen LogP contribution >= 0.6 is 0 Å². The summed E-state index contributed by atoms with van der Waals surface area (Å²) in [6, 6.07) is 3.35. The maximum absolute atomic E-state index is 12.3. The van der Waals surface area contributed by atoms with Gasteiger partial charge in [-0.1, -0.05) is 0 Å². The van der Waals surface area contributed by atoms with E-state index in [4.69, 9.17) is 4.42 Å². The number of hydrogen-bond donors (Lipinski definition) is 1. The molecule has 0 spiro atoms. The Hall–Kier alpha value is -2.31. The average Bonchev–Trinajstić information content (AvgIpc) is 3.23. The van der Waals surface area contributed by atoms with Crippen LogP contribution in [0.2, 0.25) is 0 Å². The Morgan fingerprint density at radius 2 is 1.77 bits per heavy atom. The van der Waals surface area contributed by atoms with E-state index in [9.17, 15) is 14.4 Å². The molecule has 2 aliphatic heterocycles. The maximum Gasteiger partial charge on any atom is 0.289 e. The van der Waals surface area contributed by atoms with Crippen LogP contribution in [0.25, 0.3) is 0 Å². The average molecular weight is 361 g/mol. The van der Waals surface area contributed by atoms with Gasteiger partial charge in [-0.15, -0.1) is 0 Å². The molecule has 26 heavy (non-hydrogen) atoms. The normalized spacial score (nSPS) is 18.6. The van der Waals surface area contributed by atoms with E-state index in [1.54, 1.807) is 17.0 Å². The van der Waals surface area contributed by atoms with E-state index in [2.05, 4.69) is 5.32 Å². The number of likely N-dealkylation sites (tertiary alicyclic amines) is 2. The number of hydrogen-bond acceptors (Lipinski definition) is 4. The van der Waals surface area contributed by atoms with Crippen molar-refractivity contribution in [3.05, 3.63) is 24.2 Å². The van der Waals surface area contributed by atoms with Crippen molar-refractivity contribution in [1.82, 2.24) is 15.1 Å². The number of piperidine rings is 2. The largest absolute Gasteiger partial charge is 0.459 e. The molecule has 0 aromatic carbocycles. The Labute approximate surface area is 153 Å². The van der Waals surface area contributed by atoms with Crippen molar-refractivity contribution >= 4 is 17.7 Å². The van der Waals surface area contributed by atoms with E-state index in [0.717, 1.165) is 25.9 Å². The first-order valence-electron chi connectivity index (χ1n) is 9.53. The second-order valence-corrected chi connectivity index (χ2v) is 7.03. The van der Waals surface area contributed by atoms with Gasteiger partial charge in [0.2, 0.25) is 11.8 Å². The lowest BCUT2D eigenvalue weighted by Gasteiger charge is -2.31. The lowest BCUT2D eigenvalue weighted by Crippen LogP contribution is -2.43. The molecule has 142 valence electrons. The number of nitrogens with one attached hydrogen (secondary N) is 1. The summed E-state index contributed by atoms with van der Waals surface area (Å²) in [5, 5.41) is 2.89. The molecule has 2 fully saturated rings. The van der Waals surface area contributed by atoms with E-state index < -0.39 is 0 Å². The second kappa shape index (κ2) is 8.87. The third-order valence-electron chi connectivity index (χ3n) is 5.23.